The maximum atomic E-state index is 3.45. The average Bonchev–Trinajstić information content (AvgIpc) is 2.89. The Kier molecular flexibility index (Phi) is 2.77. The van der Waals surface area contributed by atoms with Crippen LogP contribution in [0.15, 0.2) is 60.7 Å². The van der Waals surface area contributed by atoms with Crippen LogP contribution >= 0.6 is 0 Å². The molecule has 0 spiro atoms. The summed E-state index contributed by atoms with van der Waals surface area (Å²) < 4.78 is 0. The van der Waals surface area contributed by atoms with Crippen LogP contribution in [-0.2, 0) is 0 Å². The number of benzene rings is 2. The van der Waals surface area contributed by atoms with E-state index in [1.54, 1.807) is 0 Å². The Morgan fingerprint density at radius 3 is 2.61 bits per heavy atom. The van der Waals surface area contributed by atoms with E-state index in [2.05, 4.69) is 72.0 Å². The summed E-state index contributed by atoms with van der Waals surface area (Å²) in [5.41, 5.74) is 8.34. The number of nitrogens with zero attached hydrogens (tertiary/aromatic N) is 1. The van der Waals surface area contributed by atoms with Crippen molar-refractivity contribution >= 4 is 11.4 Å². The van der Waals surface area contributed by atoms with Gasteiger partial charge in [-0.2, -0.15) is 0 Å². The normalized spacial score (nSPS) is 14.3. The van der Waals surface area contributed by atoms with Gasteiger partial charge in [-0.3, -0.25) is 10.4 Å². The van der Waals surface area contributed by atoms with E-state index in [0.29, 0.717) is 0 Å². The highest BCUT2D eigenvalue weighted by molar-refractivity contribution is 5.70. The number of hydrogen-bond acceptors (Lipinski definition) is 2. The van der Waals surface area contributed by atoms with Gasteiger partial charge in [0.2, 0.25) is 0 Å². The molecule has 0 amide bonds. The predicted molar refractivity (Wildman–Crippen MR) is 76.1 cm³/mol. The van der Waals surface area contributed by atoms with Crippen LogP contribution in [0.2, 0.25) is 0 Å². The SMILES string of the molecule is Cc1cccc(N2CC=C(c3ccccc3)N2)c1. The molecule has 2 aromatic rings. The van der Waals surface area contributed by atoms with E-state index in [4.69, 9.17) is 0 Å². The summed E-state index contributed by atoms with van der Waals surface area (Å²) in [6.45, 7) is 3.01. The van der Waals surface area contributed by atoms with Crippen molar-refractivity contribution in [1.29, 1.82) is 0 Å². The third-order valence-corrected chi connectivity index (χ3v) is 3.13. The van der Waals surface area contributed by atoms with Crippen LogP contribution in [-0.4, -0.2) is 6.54 Å². The molecule has 0 aliphatic carbocycles. The largest absolute Gasteiger partial charge is 0.298 e. The van der Waals surface area contributed by atoms with Crippen LogP contribution in [0.25, 0.3) is 5.70 Å². The Bertz CT molecular complexity index is 573. The van der Waals surface area contributed by atoms with E-state index in [1.165, 1.54) is 22.5 Å². The second kappa shape index (κ2) is 4.57. The molecule has 3 rings (SSSR count). The standard InChI is InChI=1S/C16H16N2/c1-13-6-5-9-15(12-13)18-11-10-16(17-18)14-7-3-2-4-8-14/h2-10,12,17H,11H2,1H3. The van der Waals surface area contributed by atoms with E-state index < -0.39 is 0 Å². The number of aryl methyl sites for hydroxylation is 1. The molecule has 90 valence electrons. The van der Waals surface area contributed by atoms with Crippen molar-refractivity contribution in [2.75, 3.05) is 11.6 Å². The van der Waals surface area contributed by atoms with E-state index in [9.17, 15) is 0 Å². The van der Waals surface area contributed by atoms with Gasteiger partial charge in [0.15, 0.2) is 0 Å². The number of rotatable bonds is 2. The topological polar surface area (TPSA) is 15.3 Å². The summed E-state index contributed by atoms with van der Waals surface area (Å²) in [4.78, 5) is 0. The second-order valence-electron chi connectivity index (χ2n) is 4.55. The lowest BCUT2D eigenvalue weighted by molar-refractivity contribution is 0.851. The van der Waals surface area contributed by atoms with E-state index in [-0.39, 0.29) is 0 Å². The molecule has 0 fully saturated rings. The van der Waals surface area contributed by atoms with Gasteiger partial charge in [0, 0.05) is 0 Å². The first-order valence-electron chi connectivity index (χ1n) is 6.19. The van der Waals surface area contributed by atoms with Crippen LogP contribution in [0, 0.1) is 6.92 Å². The van der Waals surface area contributed by atoms with E-state index in [0.717, 1.165) is 6.54 Å². The Morgan fingerprint density at radius 1 is 1.00 bits per heavy atom. The van der Waals surface area contributed by atoms with Crippen molar-refractivity contribution in [3.8, 4) is 0 Å². The monoisotopic (exact) mass is 236 g/mol. The fraction of sp³-hybridized carbons (Fsp3) is 0.125. The van der Waals surface area contributed by atoms with Gasteiger partial charge in [0.25, 0.3) is 0 Å². The van der Waals surface area contributed by atoms with Crippen LogP contribution in [0.4, 0.5) is 5.69 Å². The van der Waals surface area contributed by atoms with E-state index >= 15 is 0 Å². The van der Waals surface area contributed by atoms with Crippen molar-refractivity contribution in [3.05, 3.63) is 71.8 Å². The molecule has 1 aliphatic heterocycles. The zero-order valence-electron chi connectivity index (χ0n) is 10.4. The highest BCUT2D eigenvalue weighted by Gasteiger charge is 2.14. The third-order valence-electron chi connectivity index (χ3n) is 3.13. The lowest BCUT2D eigenvalue weighted by Gasteiger charge is -2.21. The molecule has 0 atom stereocenters. The molecule has 1 heterocycles. The molecule has 0 bridgehead atoms. The predicted octanol–water partition coefficient (Wildman–Crippen LogP) is 3.36. The highest BCUT2D eigenvalue weighted by Crippen LogP contribution is 2.22. The number of hydrogen-bond donors (Lipinski definition) is 1. The van der Waals surface area contributed by atoms with Gasteiger partial charge >= 0.3 is 0 Å². The van der Waals surface area contributed by atoms with Crippen molar-refractivity contribution in [2.45, 2.75) is 6.92 Å². The summed E-state index contributed by atoms with van der Waals surface area (Å²) in [5, 5.41) is 2.16. The Labute approximate surface area is 108 Å². The summed E-state index contributed by atoms with van der Waals surface area (Å²) in [6, 6.07) is 18.9. The third kappa shape index (κ3) is 2.09. The maximum absolute atomic E-state index is 3.45. The molecule has 1 aliphatic rings. The molecule has 18 heavy (non-hydrogen) atoms. The molecule has 0 saturated heterocycles. The van der Waals surface area contributed by atoms with Crippen molar-refractivity contribution < 1.29 is 0 Å². The fourth-order valence-electron chi connectivity index (χ4n) is 2.19. The summed E-state index contributed by atoms with van der Waals surface area (Å²) in [7, 11) is 0. The van der Waals surface area contributed by atoms with Gasteiger partial charge in [-0.25, -0.2) is 0 Å². The van der Waals surface area contributed by atoms with Gasteiger partial charge in [-0.15, -0.1) is 0 Å². The summed E-state index contributed by atoms with van der Waals surface area (Å²) >= 11 is 0. The molecule has 2 nitrogen and oxygen atoms in total. The van der Waals surface area contributed by atoms with Crippen molar-refractivity contribution in [2.24, 2.45) is 0 Å². The molecule has 0 radical (unpaired) electrons. The number of nitrogens with one attached hydrogen (secondary N) is 1. The zero-order chi connectivity index (χ0) is 12.4. The number of anilines is 1. The summed E-state index contributed by atoms with van der Waals surface area (Å²) in [5.74, 6) is 0. The maximum Gasteiger partial charge on any atom is 0.0598 e. The Hall–Kier alpha value is -2.22. The molecule has 0 saturated carbocycles. The highest BCUT2D eigenvalue weighted by atomic mass is 15.5. The van der Waals surface area contributed by atoms with Gasteiger partial charge in [0.05, 0.1) is 17.9 Å². The van der Waals surface area contributed by atoms with E-state index in [1.807, 2.05) is 6.07 Å². The average molecular weight is 236 g/mol. The summed E-state index contributed by atoms with van der Waals surface area (Å²) in [6.07, 6.45) is 2.22. The van der Waals surface area contributed by atoms with Crippen LogP contribution < -0.4 is 10.4 Å². The zero-order valence-corrected chi connectivity index (χ0v) is 10.4. The fourth-order valence-corrected chi connectivity index (χ4v) is 2.19. The van der Waals surface area contributed by atoms with Gasteiger partial charge in [0.1, 0.15) is 0 Å². The molecule has 2 heteroatoms. The molecular weight excluding hydrogens is 220 g/mol. The number of hydrazine groups is 1. The Balaban J connectivity index is 1.79. The first-order chi connectivity index (χ1) is 8.83. The smallest absolute Gasteiger partial charge is 0.0598 e. The first kappa shape index (κ1) is 10.9. The minimum Gasteiger partial charge on any atom is -0.298 e. The molecule has 1 N–H and O–H groups in total. The van der Waals surface area contributed by atoms with Crippen molar-refractivity contribution in [3.63, 3.8) is 0 Å². The minimum absolute atomic E-state index is 0.897. The van der Waals surface area contributed by atoms with Crippen LogP contribution in [0.1, 0.15) is 11.1 Å². The van der Waals surface area contributed by atoms with Crippen LogP contribution in [0.3, 0.4) is 0 Å². The Morgan fingerprint density at radius 2 is 1.83 bits per heavy atom. The van der Waals surface area contributed by atoms with Gasteiger partial charge in [-0.05, 0) is 36.3 Å². The minimum atomic E-state index is 0.897. The van der Waals surface area contributed by atoms with Gasteiger partial charge < -0.3 is 0 Å². The second-order valence-corrected chi connectivity index (χ2v) is 4.55. The quantitative estimate of drug-likeness (QED) is 0.860. The molecule has 2 aromatic carbocycles. The van der Waals surface area contributed by atoms with Gasteiger partial charge in [-0.1, -0.05) is 42.5 Å². The first-order valence-corrected chi connectivity index (χ1v) is 6.19. The molecule has 0 aromatic heterocycles. The molecular formula is C16H16N2. The molecule has 0 unspecified atom stereocenters. The lowest BCUT2D eigenvalue weighted by atomic mass is 10.2. The van der Waals surface area contributed by atoms with Crippen LogP contribution in [0.5, 0.6) is 0 Å². The van der Waals surface area contributed by atoms with Crippen molar-refractivity contribution in [1.82, 2.24) is 5.43 Å². The lowest BCUT2D eigenvalue weighted by Crippen LogP contribution is -2.31.